The molecule has 0 heterocycles. The molecule has 2 aromatic rings. The van der Waals surface area contributed by atoms with Gasteiger partial charge in [0.1, 0.15) is 11.5 Å². The van der Waals surface area contributed by atoms with Crippen LogP contribution >= 0.6 is 0 Å². The van der Waals surface area contributed by atoms with Crippen LogP contribution in [-0.2, 0) is 0 Å². The highest BCUT2D eigenvalue weighted by molar-refractivity contribution is 5.74. The summed E-state index contributed by atoms with van der Waals surface area (Å²) in [6.45, 7) is 1.99. The molecule has 0 saturated carbocycles. The molecular formula is C16H16O2. The van der Waals surface area contributed by atoms with E-state index in [2.05, 4.69) is 6.07 Å². The molecule has 18 heavy (non-hydrogen) atoms. The van der Waals surface area contributed by atoms with Crippen molar-refractivity contribution in [1.82, 2.24) is 0 Å². The molecule has 92 valence electrons. The zero-order valence-corrected chi connectivity index (χ0v) is 10.6. The highest BCUT2D eigenvalue weighted by atomic mass is 16.5. The number of rotatable bonds is 3. The van der Waals surface area contributed by atoms with E-state index in [1.807, 2.05) is 43.3 Å². The number of aromatic hydroxyl groups is 1. The Kier molecular flexibility index (Phi) is 3.68. The van der Waals surface area contributed by atoms with Gasteiger partial charge in [0, 0.05) is 5.56 Å². The Morgan fingerprint density at radius 3 is 2.39 bits per heavy atom. The van der Waals surface area contributed by atoms with Crippen molar-refractivity contribution in [3.8, 4) is 22.6 Å². The summed E-state index contributed by atoms with van der Waals surface area (Å²) in [5.41, 5.74) is 3.17. The fourth-order valence-corrected chi connectivity index (χ4v) is 1.89. The Hall–Kier alpha value is -2.22. The SMILES string of the molecule is C/C=C/c1ccc(OC)c(-c2ccc(O)cc2)c1. The molecule has 1 N–H and O–H groups in total. The third kappa shape index (κ3) is 2.54. The van der Waals surface area contributed by atoms with Crippen molar-refractivity contribution in [2.75, 3.05) is 7.11 Å². The monoisotopic (exact) mass is 240 g/mol. The molecular weight excluding hydrogens is 224 g/mol. The molecule has 2 rings (SSSR count). The largest absolute Gasteiger partial charge is 0.508 e. The van der Waals surface area contributed by atoms with Gasteiger partial charge in [-0.15, -0.1) is 0 Å². The molecule has 0 aliphatic rings. The highest BCUT2D eigenvalue weighted by Gasteiger charge is 2.06. The summed E-state index contributed by atoms with van der Waals surface area (Å²) < 4.78 is 5.38. The van der Waals surface area contributed by atoms with E-state index in [9.17, 15) is 5.11 Å². The van der Waals surface area contributed by atoms with Gasteiger partial charge in [-0.25, -0.2) is 0 Å². The molecule has 0 spiro atoms. The van der Waals surface area contributed by atoms with Crippen molar-refractivity contribution in [2.45, 2.75) is 6.92 Å². The number of hydrogen-bond acceptors (Lipinski definition) is 2. The maximum Gasteiger partial charge on any atom is 0.126 e. The summed E-state index contributed by atoms with van der Waals surface area (Å²) >= 11 is 0. The minimum atomic E-state index is 0.266. The maximum absolute atomic E-state index is 9.33. The quantitative estimate of drug-likeness (QED) is 0.875. The smallest absolute Gasteiger partial charge is 0.126 e. The van der Waals surface area contributed by atoms with Crippen LogP contribution in [0, 0.1) is 0 Å². The predicted molar refractivity (Wildman–Crippen MR) is 74.8 cm³/mol. The van der Waals surface area contributed by atoms with Crippen molar-refractivity contribution < 1.29 is 9.84 Å². The molecule has 0 unspecified atom stereocenters. The summed E-state index contributed by atoms with van der Waals surface area (Å²) in [4.78, 5) is 0. The number of allylic oxidation sites excluding steroid dienone is 1. The zero-order valence-electron chi connectivity index (χ0n) is 10.6. The minimum absolute atomic E-state index is 0.266. The molecule has 0 bridgehead atoms. The minimum Gasteiger partial charge on any atom is -0.508 e. The molecule has 0 aliphatic carbocycles. The van der Waals surface area contributed by atoms with Crippen LogP contribution in [0.1, 0.15) is 12.5 Å². The number of methoxy groups -OCH3 is 1. The summed E-state index contributed by atoms with van der Waals surface area (Å²) in [6, 6.07) is 13.2. The van der Waals surface area contributed by atoms with Gasteiger partial charge in [-0.3, -0.25) is 0 Å². The van der Waals surface area contributed by atoms with E-state index in [1.54, 1.807) is 19.2 Å². The second-order valence-corrected chi connectivity index (χ2v) is 4.01. The van der Waals surface area contributed by atoms with Gasteiger partial charge >= 0.3 is 0 Å². The molecule has 0 fully saturated rings. The Morgan fingerprint density at radius 2 is 1.78 bits per heavy atom. The lowest BCUT2D eigenvalue weighted by Gasteiger charge is -2.10. The summed E-state index contributed by atoms with van der Waals surface area (Å²) in [5, 5.41) is 9.33. The zero-order chi connectivity index (χ0) is 13.0. The van der Waals surface area contributed by atoms with E-state index in [1.165, 1.54) is 0 Å². The van der Waals surface area contributed by atoms with E-state index in [4.69, 9.17) is 4.74 Å². The standard InChI is InChI=1S/C16H16O2/c1-3-4-12-5-10-16(18-2)15(11-12)13-6-8-14(17)9-7-13/h3-11,17H,1-2H3/b4-3+. The van der Waals surface area contributed by atoms with Crippen LogP contribution in [0.25, 0.3) is 17.2 Å². The number of benzene rings is 2. The highest BCUT2D eigenvalue weighted by Crippen LogP contribution is 2.32. The van der Waals surface area contributed by atoms with Crippen LogP contribution in [0.2, 0.25) is 0 Å². The lowest BCUT2D eigenvalue weighted by atomic mass is 10.0. The number of phenols is 1. The first-order chi connectivity index (χ1) is 8.74. The number of ether oxygens (including phenoxy) is 1. The molecule has 0 aliphatic heterocycles. The van der Waals surface area contributed by atoms with Crippen LogP contribution in [0.5, 0.6) is 11.5 Å². The van der Waals surface area contributed by atoms with Gasteiger partial charge in [0.2, 0.25) is 0 Å². The molecule has 0 radical (unpaired) electrons. The predicted octanol–water partition coefficient (Wildman–Crippen LogP) is 4.10. The normalized spacial score (nSPS) is 10.8. The summed E-state index contributed by atoms with van der Waals surface area (Å²) in [6.07, 6.45) is 4.05. The topological polar surface area (TPSA) is 29.5 Å². The Morgan fingerprint density at radius 1 is 1.06 bits per heavy atom. The summed E-state index contributed by atoms with van der Waals surface area (Å²) in [5.74, 6) is 1.09. The Bertz CT molecular complexity index is 554. The fourth-order valence-electron chi connectivity index (χ4n) is 1.89. The van der Waals surface area contributed by atoms with Crippen molar-refractivity contribution in [1.29, 1.82) is 0 Å². The molecule has 0 saturated heterocycles. The van der Waals surface area contributed by atoms with E-state index < -0.39 is 0 Å². The van der Waals surface area contributed by atoms with Gasteiger partial charge in [0.15, 0.2) is 0 Å². The average Bonchev–Trinajstić information content (AvgIpc) is 2.40. The number of hydrogen-bond donors (Lipinski definition) is 1. The molecule has 2 heteroatoms. The van der Waals surface area contributed by atoms with Gasteiger partial charge in [-0.1, -0.05) is 30.4 Å². The second kappa shape index (κ2) is 5.41. The van der Waals surface area contributed by atoms with Crippen LogP contribution < -0.4 is 4.74 Å². The van der Waals surface area contributed by atoms with Gasteiger partial charge in [0.05, 0.1) is 7.11 Å². The molecule has 2 aromatic carbocycles. The fraction of sp³-hybridized carbons (Fsp3) is 0.125. The van der Waals surface area contributed by atoms with Gasteiger partial charge in [-0.05, 0) is 42.3 Å². The van der Waals surface area contributed by atoms with Gasteiger partial charge in [-0.2, -0.15) is 0 Å². The lowest BCUT2D eigenvalue weighted by molar-refractivity contribution is 0.416. The van der Waals surface area contributed by atoms with Crippen LogP contribution in [0.15, 0.2) is 48.5 Å². The van der Waals surface area contributed by atoms with Crippen LogP contribution in [-0.4, -0.2) is 12.2 Å². The third-order valence-electron chi connectivity index (χ3n) is 2.76. The van der Waals surface area contributed by atoms with Crippen molar-refractivity contribution >= 4 is 6.08 Å². The average molecular weight is 240 g/mol. The Balaban J connectivity index is 2.52. The molecule has 0 atom stereocenters. The van der Waals surface area contributed by atoms with E-state index >= 15 is 0 Å². The van der Waals surface area contributed by atoms with Crippen LogP contribution in [0.4, 0.5) is 0 Å². The van der Waals surface area contributed by atoms with Crippen LogP contribution in [0.3, 0.4) is 0 Å². The first-order valence-electron chi connectivity index (χ1n) is 5.84. The van der Waals surface area contributed by atoms with E-state index in [-0.39, 0.29) is 5.75 Å². The summed E-state index contributed by atoms with van der Waals surface area (Å²) in [7, 11) is 1.66. The van der Waals surface area contributed by atoms with Crippen molar-refractivity contribution in [3.63, 3.8) is 0 Å². The van der Waals surface area contributed by atoms with E-state index in [0.29, 0.717) is 0 Å². The van der Waals surface area contributed by atoms with Gasteiger partial charge < -0.3 is 9.84 Å². The van der Waals surface area contributed by atoms with E-state index in [0.717, 1.165) is 22.4 Å². The van der Waals surface area contributed by atoms with Crippen molar-refractivity contribution in [2.24, 2.45) is 0 Å². The second-order valence-electron chi connectivity index (χ2n) is 4.01. The number of phenolic OH excluding ortho intramolecular Hbond substituents is 1. The molecule has 0 amide bonds. The first kappa shape index (κ1) is 12.2. The van der Waals surface area contributed by atoms with Gasteiger partial charge in [0.25, 0.3) is 0 Å². The van der Waals surface area contributed by atoms with Crippen molar-refractivity contribution in [3.05, 3.63) is 54.1 Å². The lowest BCUT2D eigenvalue weighted by Crippen LogP contribution is -1.88. The first-order valence-corrected chi connectivity index (χ1v) is 5.84. The molecule has 2 nitrogen and oxygen atoms in total. The Labute approximate surface area is 107 Å². The molecule has 0 aromatic heterocycles. The maximum atomic E-state index is 9.33. The third-order valence-corrected chi connectivity index (χ3v) is 2.76.